The monoisotopic (exact) mass is 312 g/mol. The second kappa shape index (κ2) is 9.64. The van der Waals surface area contributed by atoms with Gasteiger partial charge >= 0.3 is 0 Å². The summed E-state index contributed by atoms with van der Waals surface area (Å²) in [6.45, 7) is 5.50. The van der Waals surface area contributed by atoms with Crippen LogP contribution >= 0.6 is 12.4 Å². The maximum absolute atomic E-state index is 12.1. The predicted molar refractivity (Wildman–Crippen MR) is 87.4 cm³/mol. The Morgan fingerprint density at radius 2 is 2.33 bits per heavy atom. The third-order valence-electron chi connectivity index (χ3n) is 3.64. The molecule has 1 amide bonds. The first-order chi connectivity index (χ1) is 9.79. The molecule has 1 atom stereocenters. The van der Waals surface area contributed by atoms with E-state index in [4.69, 9.17) is 4.74 Å². The highest BCUT2D eigenvalue weighted by Gasteiger charge is 2.13. The van der Waals surface area contributed by atoms with Crippen molar-refractivity contribution in [2.45, 2.75) is 26.2 Å². The lowest BCUT2D eigenvalue weighted by Gasteiger charge is -2.22. The van der Waals surface area contributed by atoms with Crippen molar-refractivity contribution in [1.82, 2.24) is 10.6 Å². The minimum absolute atomic E-state index is 0. The summed E-state index contributed by atoms with van der Waals surface area (Å²) in [6.07, 6.45) is 3.56. The Morgan fingerprint density at radius 3 is 3.05 bits per heavy atom. The number of carbonyl (C=O) groups excluding carboxylic acids is 1. The number of piperidine rings is 1. The lowest BCUT2D eigenvalue weighted by atomic mass is 9.96. The van der Waals surface area contributed by atoms with Gasteiger partial charge in [-0.1, -0.05) is 6.07 Å². The van der Waals surface area contributed by atoms with Crippen molar-refractivity contribution < 1.29 is 9.53 Å². The van der Waals surface area contributed by atoms with Gasteiger partial charge in [0.1, 0.15) is 5.75 Å². The number of hydrogen-bond donors (Lipinski definition) is 2. The summed E-state index contributed by atoms with van der Waals surface area (Å²) in [5.41, 5.74) is 0.665. The second-order valence-corrected chi connectivity index (χ2v) is 5.22. The van der Waals surface area contributed by atoms with Crippen LogP contribution in [0.25, 0.3) is 0 Å². The number of carbonyl (C=O) groups is 1. The number of rotatable bonds is 6. The van der Waals surface area contributed by atoms with Gasteiger partial charge in [-0.05, 0) is 63.4 Å². The normalized spacial score (nSPS) is 17.7. The molecule has 1 aliphatic rings. The molecular formula is C16H25ClN2O2. The molecule has 1 fully saturated rings. The highest BCUT2D eigenvalue weighted by molar-refractivity contribution is 5.94. The molecule has 21 heavy (non-hydrogen) atoms. The summed E-state index contributed by atoms with van der Waals surface area (Å²) in [6, 6.07) is 7.33. The Labute approximate surface area is 133 Å². The average molecular weight is 313 g/mol. The zero-order valence-corrected chi connectivity index (χ0v) is 13.4. The molecule has 2 rings (SSSR count). The largest absolute Gasteiger partial charge is 0.494 e. The third-order valence-corrected chi connectivity index (χ3v) is 3.64. The van der Waals surface area contributed by atoms with Crippen molar-refractivity contribution >= 4 is 18.3 Å². The zero-order chi connectivity index (χ0) is 14.2. The Balaban J connectivity index is 0.00000220. The fourth-order valence-electron chi connectivity index (χ4n) is 2.56. The quantitative estimate of drug-likeness (QED) is 0.849. The number of ether oxygens (including phenoxy) is 1. The second-order valence-electron chi connectivity index (χ2n) is 5.22. The van der Waals surface area contributed by atoms with Crippen LogP contribution in [0.2, 0.25) is 0 Å². The van der Waals surface area contributed by atoms with Gasteiger partial charge in [-0.2, -0.15) is 0 Å². The number of amides is 1. The van der Waals surface area contributed by atoms with Crippen LogP contribution in [-0.4, -0.2) is 32.1 Å². The molecule has 1 heterocycles. The minimum Gasteiger partial charge on any atom is -0.494 e. The Kier molecular flexibility index (Phi) is 8.16. The zero-order valence-electron chi connectivity index (χ0n) is 12.6. The van der Waals surface area contributed by atoms with Crippen molar-refractivity contribution in [1.29, 1.82) is 0 Å². The summed E-state index contributed by atoms with van der Waals surface area (Å²) < 4.78 is 5.41. The highest BCUT2D eigenvalue weighted by atomic mass is 35.5. The Morgan fingerprint density at radius 1 is 1.48 bits per heavy atom. The third kappa shape index (κ3) is 5.94. The van der Waals surface area contributed by atoms with Gasteiger partial charge in [-0.3, -0.25) is 4.79 Å². The molecule has 118 valence electrons. The van der Waals surface area contributed by atoms with Gasteiger partial charge in [0.05, 0.1) is 6.61 Å². The van der Waals surface area contributed by atoms with Crippen LogP contribution in [0.5, 0.6) is 5.75 Å². The number of hydrogen-bond acceptors (Lipinski definition) is 3. The van der Waals surface area contributed by atoms with Crippen LogP contribution in [-0.2, 0) is 0 Å². The van der Waals surface area contributed by atoms with Crippen LogP contribution in [0.4, 0.5) is 0 Å². The minimum atomic E-state index is -0.0182. The molecule has 0 aliphatic carbocycles. The summed E-state index contributed by atoms with van der Waals surface area (Å²) in [5, 5.41) is 6.39. The first kappa shape index (κ1) is 17.8. The van der Waals surface area contributed by atoms with E-state index >= 15 is 0 Å². The van der Waals surface area contributed by atoms with E-state index in [1.807, 2.05) is 25.1 Å². The highest BCUT2D eigenvalue weighted by Crippen LogP contribution is 2.14. The molecule has 1 aromatic carbocycles. The average Bonchev–Trinajstić information content (AvgIpc) is 2.49. The topological polar surface area (TPSA) is 50.4 Å². The number of halogens is 1. The molecule has 0 spiro atoms. The van der Waals surface area contributed by atoms with E-state index in [2.05, 4.69) is 10.6 Å². The smallest absolute Gasteiger partial charge is 0.251 e. The van der Waals surface area contributed by atoms with Crippen molar-refractivity contribution in [3.8, 4) is 5.75 Å². The maximum atomic E-state index is 12.1. The van der Waals surface area contributed by atoms with Crippen LogP contribution in [0, 0.1) is 5.92 Å². The van der Waals surface area contributed by atoms with E-state index in [9.17, 15) is 4.79 Å². The molecule has 2 N–H and O–H groups in total. The van der Waals surface area contributed by atoms with Crippen LogP contribution < -0.4 is 15.4 Å². The van der Waals surface area contributed by atoms with Crippen molar-refractivity contribution in [3.05, 3.63) is 29.8 Å². The maximum Gasteiger partial charge on any atom is 0.251 e. The molecule has 0 bridgehead atoms. The van der Waals surface area contributed by atoms with Crippen molar-refractivity contribution in [2.75, 3.05) is 26.2 Å². The lowest BCUT2D eigenvalue weighted by Crippen LogP contribution is -2.33. The lowest BCUT2D eigenvalue weighted by molar-refractivity contribution is 0.0950. The van der Waals surface area contributed by atoms with E-state index in [0.29, 0.717) is 18.1 Å². The fourth-order valence-corrected chi connectivity index (χ4v) is 2.56. The van der Waals surface area contributed by atoms with Gasteiger partial charge in [0, 0.05) is 12.1 Å². The number of benzene rings is 1. The molecule has 1 aromatic rings. The molecule has 0 aromatic heterocycles. The van der Waals surface area contributed by atoms with Crippen molar-refractivity contribution in [2.24, 2.45) is 5.92 Å². The molecule has 0 saturated carbocycles. The SMILES string of the molecule is CCOc1cccc(C(=O)NCCC2CCCNC2)c1.Cl. The van der Waals surface area contributed by atoms with Gasteiger partial charge in [-0.15, -0.1) is 12.4 Å². The molecule has 1 saturated heterocycles. The first-order valence-corrected chi connectivity index (χ1v) is 7.51. The molecule has 4 nitrogen and oxygen atoms in total. The Hall–Kier alpha value is -1.26. The van der Waals surface area contributed by atoms with Gasteiger partial charge in [0.15, 0.2) is 0 Å². The van der Waals surface area contributed by atoms with E-state index in [1.54, 1.807) is 6.07 Å². The van der Waals surface area contributed by atoms with E-state index < -0.39 is 0 Å². The van der Waals surface area contributed by atoms with Crippen LogP contribution in [0.1, 0.15) is 36.5 Å². The van der Waals surface area contributed by atoms with Gasteiger partial charge < -0.3 is 15.4 Å². The van der Waals surface area contributed by atoms with Crippen molar-refractivity contribution in [3.63, 3.8) is 0 Å². The predicted octanol–water partition coefficient (Wildman–Crippen LogP) is 2.63. The fraction of sp³-hybridized carbons (Fsp3) is 0.562. The standard InChI is InChI=1S/C16H24N2O2.ClH/c1-2-20-15-7-3-6-14(11-15)16(19)18-10-8-13-5-4-9-17-12-13;/h3,6-7,11,13,17H,2,4-5,8-10,12H2,1H3,(H,18,19);1H. The molecule has 1 unspecified atom stereocenters. The van der Waals surface area contributed by atoms with E-state index in [0.717, 1.165) is 31.8 Å². The summed E-state index contributed by atoms with van der Waals surface area (Å²) in [5.74, 6) is 1.42. The molecular weight excluding hydrogens is 288 g/mol. The number of nitrogens with one attached hydrogen (secondary N) is 2. The van der Waals surface area contributed by atoms with Crippen LogP contribution in [0.3, 0.4) is 0 Å². The van der Waals surface area contributed by atoms with E-state index in [-0.39, 0.29) is 18.3 Å². The van der Waals surface area contributed by atoms with Gasteiger partial charge in [-0.25, -0.2) is 0 Å². The van der Waals surface area contributed by atoms with Gasteiger partial charge in [0.2, 0.25) is 0 Å². The molecule has 1 aliphatic heterocycles. The van der Waals surface area contributed by atoms with Crippen LogP contribution in [0.15, 0.2) is 24.3 Å². The van der Waals surface area contributed by atoms with Gasteiger partial charge in [0.25, 0.3) is 5.91 Å². The molecule has 5 heteroatoms. The Bertz CT molecular complexity index is 434. The van der Waals surface area contributed by atoms with E-state index in [1.165, 1.54) is 12.8 Å². The summed E-state index contributed by atoms with van der Waals surface area (Å²) in [7, 11) is 0. The summed E-state index contributed by atoms with van der Waals surface area (Å²) in [4.78, 5) is 12.1. The molecule has 0 radical (unpaired) electrons. The summed E-state index contributed by atoms with van der Waals surface area (Å²) >= 11 is 0. The first-order valence-electron chi connectivity index (χ1n) is 7.51.